The lowest BCUT2D eigenvalue weighted by Gasteiger charge is -1.95. The van der Waals surface area contributed by atoms with Gasteiger partial charge in [-0.3, -0.25) is 0 Å². The predicted octanol–water partition coefficient (Wildman–Crippen LogP) is 6.24. The van der Waals surface area contributed by atoms with Crippen molar-refractivity contribution in [2.45, 2.75) is 77.6 Å². The second-order valence-electron chi connectivity index (χ2n) is 4.72. The van der Waals surface area contributed by atoms with Crippen LogP contribution in [0.25, 0.3) is 0 Å². The van der Waals surface area contributed by atoms with Gasteiger partial charge in [0.1, 0.15) is 0 Å². The van der Waals surface area contributed by atoms with Gasteiger partial charge in [0, 0.05) is 0 Å². The predicted molar refractivity (Wildman–Crippen MR) is 80.1 cm³/mol. The maximum atomic E-state index is 3.86. The second-order valence-corrected chi connectivity index (χ2v) is 4.72. The Kier molecular flexibility index (Phi) is 15.0. The summed E-state index contributed by atoms with van der Waals surface area (Å²) in [6.07, 6.45) is 23.4. The van der Waals surface area contributed by atoms with E-state index in [2.05, 4.69) is 38.2 Å². The number of allylic oxidation sites excluding steroid dienone is 4. The molecule has 0 aromatic heterocycles. The van der Waals surface area contributed by atoms with E-state index < -0.39 is 0 Å². The summed E-state index contributed by atoms with van der Waals surface area (Å²) in [5.74, 6) is 0. The Hall–Kier alpha value is -0.520. The molecular formula is C17H31. The Bertz CT molecular complexity index is 176. The summed E-state index contributed by atoms with van der Waals surface area (Å²) in [5, 5.41) is 0. The van der Waals surface area contributed by atoms with Crippen LogP contribution in [-0.4, -0.2) is 0 Å². The van der Waals surface area contributed by atoms with Gasteiger partial charge >= 0.3 is 0 Å². The van der Waals surface area contributed by atoms with E-state index in [0.717, 1.165) is 6.42 Å². The molecule has 0 nitrogen and oxygen atoms in total. The van der Waals surface area contributed by atoms with Gasteiger partial charge in [0.05, 0.1) is 0 Å². The van der Waals surface area contributed by atoms with E-state index in [-0.39, 0.29) is 0 Å². The molecule has 0 heteroatoms. The van der Waals surface area contributed by atoms with E-state index in [4.69, 9.17) is 0 Å². The van der Waals surface area contributed by atoms with Crippen LogP contribution in [0.15, 0.2) is 24.3 Å². The highest BCUT2D eigenvalue weighted by molar-refractivity contribution is 4.87. The highest BCUT2D eigenvalue weighted by Crippen LogP contribution is 2.06. The van der Waals surface area contributed by atoms with Crippen molar-refractivity contribution >= 4 is 0 Å². The van der Waals surface area contributed by atoms with E-state index in [1.165, 1.54) is 64.2 Å². The van der Waals surface area contributed by atoms with Gasteiger partial charge in [0.25, 0.3) is 0 Å². The molecule has 0 heterocycles. The van der Waals surface area contributed by atoms with Crippen LogP contribution in [0, 0.1) is 6.92 Å². The van der Waals surface area contributed by atoms with Gasteiger partial charge in [-0.05, 0) is 32.1 Å². The van der Waals surface area contributed by atoms with Crippen molar-refractivity contribution in [1.29, 1.82) is 0 Å². The number of hydrogen-bond acceptors (Lipinski definition) is 0. The van der Waals surface area contributed by atoms with Crippen LogP contribution in [0.1, 0.15) is 77.6 Å². The van der Waals surface area contributed by atoms with Crippen molar-refractivity contribution in [1.82, 2.24) is 0 Å². The van der Waals surface area contributed by atoms with E-state index >= 15 is 0 Å². The molecule has 0 saturated heterocycles. The molecule has 0 aliphatic heterocycles. The van der Waals surface area contributed by atoms with Gasteiger partial charge in [-0.25, -0.2) is 0 Å². The molecule has 0 fully saturated rings. The van der Waals surface area contributed by atoms with Crippen LogP contribution in [-0.2, 0) is 0 Å². The lowest BCUT2D eigenvalue weighted by atomic mass is 10.1. The zero-order chi connectivity index (χ0) is 12.6. The first-order valence-electron chi connectivity index (χ1n) is 7.51. The Balaban J connectivity index is 3.11. The van der Waals surface area contributed by atoms with Gasteiger partial charge in [-0.1, -0.05) is 76.7 Å². The van der Waals surface area contributed by atoms with Gasteiger partial charge in [-0.2, -0.15) is 0 Å². The molecule has 17 heavy (non-hydrogen) atoms. The molecule has 0 unspecified atom stereocenters. The van der Waals surface area contributed by atoms with Crippen LogP contribution < -0.4 is 0 Å². The van der Waals surface area contributed by atoms with Crippen LogP contribution in [0.2, 0.25) is 0 Å². The van der Waals surface area contributed by atoms with Gasteiger partial charge in [0.2, 0.25) is 0 Å². The van der Waals surface area contributed by atoms with Gasteiger partial charge in [-0.15, -0.1) is 0 Å². The lowest BCUT2D eigenvalue weighted by Crippen LogP contribution is -1.76. The third-order valence-electron chi connectivity index (χ3n) is 2.93. The molecule has 0 rings (SSSR count). The van der Waals surface area contributed by atoms with Crippen molar-refractivity contribution in [3.05, 3.63) is 31.2 Å². The Labute approximate surface area is 109 Å². The minimum absolute atomic E-state index is 1.10. The summed E-state index contributed by atoms with van der Waals surface area (Å²) in [5.41, 5.74) is 0. The second kappa shape index (κ2) is 15.5. The minimum Gasteiger partial charge on any atom is -0.0885 e. The van der Waals surface area contributed by atoms with Crippen molar-refractivity contribution in [2.75, 3.05) is 0 Å². The highest BCUT2D eigenvalue weighted by atomic mass is 13.9. The topological polar surface area (TPSA) is 0 Å². The number of rotatable bonds is 12. The largest absolute Gasteiger partial charge is 0.0885 e. The summed E-state index contributed by atoms with van der Waals surface area (Å²) in [4.78, 5) is 0. The maximum absolute atomic E-state index is 3.86. The van der Waals surface area contributed by atoms with E-state index in [1.54, 1.807) is 0 Å². The monoisotopic (exact) mass is 235 g/mol. The van der Waals surface area contributed by atoms with Crippen LogP contribution in [0.5, 0.6) is 0 Å². The van der Waals surface area contributed by atoms with Crippen LogP contribution >= 0.6 is 0 Å². The summed E-state index contributed by atoms with van der Waals surface area (Å²) >= 11 is 0. The van der Waals surface area contributed by atoms with Gasteiger partial charge < -0.3 is 0 Å². The molecule has 0 spiro atoms. The average molecular weight is 235 g/mol. The SMILES string of the molecule is [CH2]CCCCCCC=CCCC=CCCCC. The Morgan fingerprint density at radius 1 is 0.647 bits per heavy atom. The van der Waals surface area contributed by atoms with Crippen LogP contribution in [0.4, 0.5) is 0 Å². The van der Waals surface area contributed by atoms with E-state index in [1.807, 2.05) is 0 Å². The summed E-state index contributed by atoms with van der Waals surface area (Å²) < 4.78 is 0. The molecule has 0 bridgehead atoms. The van der Waals surface area contributed by atoms with E-state index in [9.17, 15) is 0 Å². The van der Waals surface area contributed by atoms with E-state index in [0.29, 0.717) is 0 Å². The zero-order valence-electron chi connectivity index (χ0n) is 11.8. The third kappa shape index (κ3) is 15.5. The fourth-order valence-electron chi connectivity index (χ4n) is 1.78. The normalized spacial score (nSPS) is 11.9. The number of hydrogen-bond donors (Lipinski definition) is 0. The van der Waals surface area contributed by atoms with Crippen LogP contribution in [0.3, 0.4) is 0 Å². The fourth-order valence-corrected chi connectivity index (χ4v) is 1.78. The molecule has 0 aliphatic rings. The molecule has 0 N–H and O–H groups in total. The molecule has 0 aromatic rings. The van der Waals surface area contributed by atoms with Crippen molar-refractivity contribution in [3.8, 4) is 0 Å². The first-order valence-corrected chi connectivity index (χ1v) is 7.51. The Morgan fingerprint density at radius 2 is 1.18 bits per heavy atom. The third-order valence-corrected chi connectivity index (χ3v) is 2.93. The number of unbranched alkanes of at least 4 members (excludes halogenated alkanes) is 8. The highest BCUT2D eigenvalue weighted by Gasteiger charge is 1.86. The maximum Gasteiger partial charge on any atom is -0.0316 e. The van der Waals surface area contributed by atoms with Crippen molar-refractivity contribution in [3.63, 3.8) is 0 Å². The molecule has 1 radical (unpaired) electrons. The first-order chi connectivity index (χ1) is 8.41. The molecule has 99 valence electrons. The standard InChI is InChI=1S/C17H31/c1-3-5-7-9-11-13-15-17-16-14-12-10-8-6-4-2/h10,12,15,17H,1,3-9,11,13-14,16H2,2H3. The van der Waals surface area contributed by atoms with Gasteiger partial charge in [0.15, 0.2) is 0 Å². The molecule has 0 aliphatic carbocycles. The quantitative estimate of drug-likeness (QED) is 0.277. The molecule has 0 amide bonds. The lowest BCUT2D eigenvalue weighted by molar-refractivity contribution is 0.651. The van der Waals surface area contributed by atoms with Crippen molar-refractivity contribution in [2.24, 2.45) is 0 Å². The summed E-state index contributed by atoms with van der Waals surface area (Å²) in [7, 11) is 0. The molecular weight excluding hydrogens is 204 g/mol. The minimum atomic E-state index is 1.10. The average Bonchev–Trinajstić information content (AvgIpc) is 2.35. The molecule has 0 saturated carbocycles. The molecule has 0 aromatic carbocycles. The Morgan fingerprint density at radius 3 is 1.76 bits per heavy atom. The first kappa shape index (κ1) is 16.5. The van der Waals surface area contributed by atoms with Crippen molar-refractivity contribution < 1.29 is 0 Å². The zero-order valence-corrected chi connectivity index (χ0v) is 11.8. The smallest absolute Gasteiger partial charge is 0.0316 e. The molecule has 0 atom stereocenters. The fraction of sp³-hybridized carbons (Fsp3) is 0.706. The summed E-state index contributed by atoms with van der Waals surface area (Å²) in [6, 6.07) is 0. The summed E-state index contributed by atoms with van der Waals surface area (Å²) in [6.45, 7) is 6.10.